The van der Waals surface area contributed by atoms with E-state index in [1.807, 2.05) is 41.9 Å². The zero-order valence-corrected chi connectivity index (χ0v) is 11.8. The molecule has 0 fully saturated rings. The minimum Gasteiger partial charge on any atom is -0.377 e. The first-order valence-corrected chi connectivity index (χ1v) is 7.24. The first-order valence-electron chi connectivity index (χ1n) is 6.37. The molecule has 20 heavy (non-hydrogen) atoms. The highest BCUT2D eigenvalue weighted by Gasteiger charge is 2.09. The van der Waals surface area contributed by atoms with Gasteiger partial charge in [0, 0.05) is 6.20 Å². The Labute approximate surface area is 121 Å². The highest BCUT2D eigenvalue weighted by molar-refractivity contribution is 7.17. The number of hydrogen-bond donors (Lipinski definition) is 1. The van der Waals surface area contributed by atoms with Crippen LogP contribution in [0.15, 0.2) is 48.0 Å². The maximum Gasteiger partial charge on any atom is 0.101 e. The molecular formula is C16H13N3S. The summed E-state index contributed by atoms with van der Waals surface area (Å²) in [5.74, 6) is 0. The Morgan fingerprint density at radius 3 is 3.00 bits per heavy atom. The monoisotopic (exact) mass is 279 g/mol. The summed E-state index contributed by atoms with van der Waals surface area (Å²) in [6, 6.07) is 14.0. The van der Waals surface area contributed by atoms with Crippen LogP contribution in [0.25, 0.3) is 10.2 Å². The van der Waals surface area contributed by atoms with Crippen molar-refractivity contribution in [2.75, 3.05) is 5.32 Å². The van der Waals surface area contributed by atoms with Crippen LogP contribution in [0.4, 0.5) is 5.69 Å². The van der Waals surface area contributed by atoms with E-state index in [9.17, 15) is 0 Å². The van der Waals surface area contributed by atoms with Gasteiger partial charge in [-0.2, -0.15) is 5.26 Å². The van der Waals surface area contributed by atoms with E-state index in [2.05, 4.69) is 29.4 Å². The van der Waals surface area contributed by atoms with Crippen molar-refractivity contribution >= 4 is 27.2 Å². The number of thiophene rings is 1. The minimum absolute atomic E-state index is 0.100. The Kier molecular flexibility index (Phi) is 3.36. The molecule has 0 saturated heterocycles. The van der Waals surface area contributed by atoms with Crippen molar-refractivity contribution in [2.24, 2.45) is 0 Å². The molecule has 0 saturated carbocycles. The van der Waals surface area contributed by atoms with Gasteiger partial charge in [0.05, 0.1) is 27.5 Å². The molecule has 1 N–H and O–H groups in total. The number of anilines is 1. The van der Waals surface area contributed by atoms with E-state index in [1.165, 1.54) is 4.70 Å². The normalized spacial score (nSPS) is 12.0. The smallest absolute Gasteiger partial charge is 0.101 e. The van der Waals surface area contributed by atoms with Crippen molar-refractivity contribution < 1.29 is 0 Å². The predicted molar refractivity (Wildman–Crippen MR) is 82.8 cm³/mol. The van der Waals surface area contributed by atoms with Crippen LogP contribution in [0.2, 0.25) is 0 Å². The Morgan fingerprint density at radius 2 is 2.15 bits per heavy atom. The number of para-hydroxylation sites is 1. The van der Waals surface area contributed by atoms with Gasteiger partial charge in [-0.05, 0) is 42.1 Å². The molecule has 3 nitrogen and oxygen atoms in total. The SMILES string of the molecule is CC(Nc1ccccc1C#N)c1cnc2ccsc2c1. The second-order valence-electron chi connectivity index (χ2n) is 4.60. The number of benzene rings is 1. The van der Waals surface area contributed by atoms with E-state index in [0.29, 0.717) is 5.56 Å². The van der Waals surface area contributed by atoms with Gasteiger partial charge in [0.15, 0.2) is 0 Å². The number of fused-ring (bicyclic) bond motifs is 1. The Hall–Kier alpha value is -2.38. The summed E-state index contributed by atoms with van der Waals surface area (Å²) >= 11 is 1.69. The summed E-state index contributed by atoms with van der Waals surface area (Å²) in [6.07, 6.45) is 1.89. The van der Waals surface area contributed by atoms with Gasteiger partial charge in [-0.15, -0.1) is 11.3 Å². The van der Waals surface area contributed by atoms with Gasteiger partial charge in [-0.25, -0.2) is 0 Å². The lowest BCUT2D eigenvalue weighted by molar-refractivity contribution is 0.879. The lowest BCUT2D eigenvalue weighted by Gasteiger charge is -2.16. The summed E-state index contributed by atoms with van der Waals surface area (Å²) in [6.45, 7) is 2.07. The first-order chi connectivity index (χ1) is 9.78. The fraction of sp³-hybridized carbons (Fsp3) is 0.125. The number of nitrogens with one attached hydrogen (secondary N) is 1. The fourth-order valence-electron chi connectivity index (χ4n) is 2.12. The van der Waals surface area contributed by atoms with Crippen LogP contribution in [0.3, 0.4) is 0 Å². The van der Waals surface area contributed by atoms with E-state index in [-0.39, 0.29) is 6.04 Å². The molecule has 2 aromatic heterocycles. The molecule has 0 spiro atoms. The highest BCUT2D eigenvalue weighted by Crippen LogP contribution is 2.25. The third-order valence-electron chi connectivity index (χ3n) is 3.24. The molecule has 1 atom stereocenters. The molecule has 0 amide bonds. The Balaban J connectivity index is 1.88. The van der Waals surface area contributed by atoms with Crippen LogP contribution in [-0.4, -0.2) is 4.98 Å². The molecule has 1 aromatic carbocycles. The van der Waals surface area contributed by atoms with E-state index in [1.54, 1.807) is 11.3 Å². The van der Waals surface area contributed by atoms with Gasteiger partial charge < -0.3 is 5.32 Å². The van der Waals surface area contributed by atoms with Crippen molar-refractivity contribution in [2.45, 2.75) is 13.0 Å². The summed E-state index contributed by atoms with van der Waals surface area (Å²) in [4.78, 5) is 4.45. The van der Waals surface area contributed by atoms with E-state index in [4.69, 9.17) is 5.26 Å². The molecule has 4 heteroatoms. The topological polar surface area (TPSA) is 48.7 Å². The van der Waals surface area contributed by atoms with Crippen molar-refractivity contribution in [1.82, 2.24) is 4.98 Å². The van der Waals surface area contributed by atoms with Crippen molar-refractivity contribution in [3.63, 3.8) is 0 Å². The highest BCUT2D eigenvalue weighted by atomic mass is 32.1. The van der Waals surface area contributed by atoms with Gasteiger partial charge in [0.2, 0.25) is 0 Å². The van der Waals surface area contributed by atoms with Crippen molar-refractivity contribution in [3.8, 4) is 6.07 Å². The molecule has 1 unspecified atom stereocenters. The Bertz CT molecular complexity index is 786. The number of aromatic nitrogens is 1. The van der Waals surface area contributed by atoms with E-state index < -0.39 is 0 Å². The predicted octanol–water partition coefficient (Wildman–Crippen LogP) is 4.34. The quantitative estimate of drug-likeness (QED) is 0.775. The Morgan fingerprint density at radius 1 is 1.30 bits per heavy atom. The van der Waals surface area contributed by atoms with Crippen LogP contribution in [0.1, 0.15) is 24.1 Å². The first kappa shape index (κ1) is 12.6. The molecule has 0 bridgehead atoms. The fourth-order valence-corrected chi connectivity index (χ4v) is 2.91. The van der Waals surface area contributed by atoms with Crippen LogP contribution >= 0.6 is 11.3 Å². The summed E-state index contributed by atoms with van der Waals surface area (Å²) in [5.41, 5.74) is 3.66. The zero-order valence-electron chi connectivity index (χ0n) is 11.0. The van der Waals surface area contributed by atoms with E-state index >= 15 is 0 Å². The molecule has 98 valence electrons. The van der Waals surface area contributed by atoms with Crippen LogP contribution in [-0.2, 0) is 0 Å². The molecule has 3 aromatic rings. The van der Waals surface area contributed by atoms with Gasteiger partial charge in [-0.1, -0.05) is 12.1 Å². The van der Waals surface area contributed by atoms with Crippen molar-refractivity contribution in [3.05, 3.63) is 59.1 Å². The second-order valence-corrected chi connectivity index (χ2v) is 5.54. The van der Waals surface area contributed by atoms with Crippen LogP contribution < -0.4 is 5.32 Å². The lowest BCUT2D eigenvalue weighted by atomic mass is 10.1. The average molecular weight is 279 g/mol. The number of rotatable bonds is 3. The maximum absolute atomic E-state index is 9.11. The molecule has 0 aliphatic rings. The summed E-state index contributed by atoms with van der Waals surface area (Å²) < 4.78 is 1.18. The minimum atomic E-state index is 0.100. The number of hydrogen-bond acceptors (Lipinski definition) is 4. The number of pyridine rings is 1. The van der Waals surface area contributed by atoms with Gasteiger partial charge in [0.1, 0.15) is 6.07 Å². The van der Waals surface area contributed by atoms with Crippen molar-refractivity contribution in [1.29, 1.82) is 5.26 Å². The van der Waals surface area contributed by atoms with Crippen LogP contribution in [0, 0.1) is 11.3 Å². The second kappa shape index (κ2) is 5.32. The summed E-state index contributed by atoms with van der Waals surface area (Å²) in [5, 5.41) is 14.5. The molecule has 0 radical (unpaired) electrons. The van der Waals surface area contributed by atoms with E-state index in [0.717, 1.165) is 16.8 Å². The molecule has 0 aliphatic heterocycles. The van der Waals surface area contributed by atoms with Crippen LogP contribution in [0.5, 0.6) is 0 Å². The number of nitriles is 1. The van der Waals surface area contributed by atoms with Gasteiger partial charge >= 0.3 is 0 Å². The average Bonchev–Trinajstić information content (AvgIpc) is 2.95. The summed E-state index contributed by atoms with van der Waals surface area (Å²) in [7, 11) is 0. The molecule has 0 aliphatic carbocycles. The van der Waals surface area contributed by atoms with Gasteiger partial charge in [0.25, 0.3) is 0 Å². The zero-order chi connectivity index (χ0) is 13.9. The molecule has 3 rings (SSSR count). The number of nitrogens with zero attached hydrogens (tertiary/aromatic N) is 2. The molecular weight excluding hydrogens is 266 g/mol. The third kappa shape index (κ3) is 2.36. The largest absolute Gasteiger partial charge is 0.377 e. The maximum atomic E-state index is 9.11. The third-order valence-corrected chi connectivity index (χ3v) is 4.10. The van der Waals surface area contributed by atoms with Gasteiger partial charge in [-0.3, -0.25) is 4.98 Å². The molecule has 2 heterocycles. The standard InChI is InChI=1S/C16H13N3S/c1-11(19-14-5-3-2-4-12(14)9-17)13-8-16-15(18-10-13)6-7-20-16/h2-8,10-11,19H,1H3. The lowest BCUT2D eigenvalue weighted by Crippen LogP contribution is -2.08.